The van der Waals surface area contributed by atoms with Crippen LogP contribution in [0.3, 0.4) is 0 Å². The Morgan fingerprint density at radius 1 is 1.21 bits per heavy atom. The van der Waals surface area contributed by atoms with Crippen molar-refractivity contribution in [3.05, 3.63) is 48.0 Å². The number of fused-ring (bicyclic) bond motifs is 1. The average Bonchev–Trinajstić information content (AvgIpc) is 2.67. The van der Waals surface area contributed by atoms with Gasteiger partial charge in [-0.3, -0.25) is 9.59 Å². The van der Waals surface area contributed by atoms with Crippen molar-refractivity contribution in [1.29, 1.82) is 0 Å². The molecule has 1 aliphatic heterocycles. The Kier molecular flexibility index (Phi) is 6.10. The quantitative estimate of drug-likeness (QED) is 0.747. The van der Waals surface area contributed by atoms with Crippen molar-refractivity contribution in [2.45, 2.75) is 41.7 Å². The summed E-state index contributed by atoms with van der Waals surface area (Å²) in [7, 11) is -3.65. The summed E-state index contributed by atoms with van der Waals surface area (Å²) in [5.74, 6) is -0.778. The molecule has 8 heteroatoms. The number of para-hydroxylation sites is 1. The summed E-state index contributed by atoms with van der Waals surface area (Å²) in [5, 5.41) is 5.34. The SMILES string of the molecule is CC[C@H]1Sc2ccc(S(=O)(=O)CCC(=O)Nc3ccccc3C)cc2NC1=O. The Hall–Kier alpha value is -2.32. The minimum absolute atomic E-state index is 0.103. The lowest BCUT2D eigenvalue weighted by atomic mass is 10.2. The van der Waals surface area contributed by atoms with Crippen LogP contribution in [0.5, 0.6) is 0 Å². The normalized spacial score (nSPS) is 16.2. The molecule has 3 rings (SSSR count). The third kappa shape index (κ3) is 4.56. The molecular formula is C20H22N2O4S2. The number of hydrogen-bond acceptors (Lipinski definition) is 5. The van der Waals surface area contributed by atoms with Crippen LogP contribution in [0, 0.1) is 6.92 Å². The molecule has 0 radical (unpaired) electrons. The van der Waals surface area contributed by atoms with Crippen molar-refractivity contribution in [2.75, 3.05) is 16.4 Å². The summed E-state index contributed by atoms with van der Waals surface area (Å²) >= 11 is 1.43. The number of amides is 2. The average molecular weight is 419 g/mol. The summed E-state index contributed by atoms with van der Waals surface area (Å²) in [6.07, 6.45) is 0.554. The standard InChI is InChI=1S/C20H22N2O4S2/c1-3-17-20(24)22-16-12-14(8-9-18(16)27-17)28(25,26)11-10-19(23)21-15-7-5-4-6-13(15)2/h4-9,12,17H,3,10-11H2,1-2H3,(H,21,23)(H,22,24)/t17-/m1/s1. The molecule has 2 amide bonds. The highest BCUT2D eigenvalue weighted by molar-refractivity contribution is 8.01. The molecule has 0 saturated carbocycles. The number of sulfone groups is 1. The summed E-state index contributed by atoms with van der Waals surface area (Å²) in [4.78, 5) is 25.1. The van der Waals surface area contributed by atoms with Crippen LogP contribution in [0.2, 0.25) is 0 Å². The highest BCUT2D eigenvalue weighted by Gasteiger charge is 2.27. The van der Waals surface area contributed by atoms with Crippen molar-refractivity contribution < 1.29 is 18.0 Å². The molecular weight excluding hydrogens is 396 g/mol. The van der Waals surface area contributed by atoms with Crippen molar-refractivity contribution in [3.8, 4) is 0 Å². The molecule has 2 aromatic rings. The van der Waals surface area contributed by atoms with E-state index < -0.39 is 9.84 Å². The van der Waals surface area contributed by atoms with Gasteiger partial charge in [0.25, 0.3) is 0 Å². The van der Waals surface area contributed by atoms with Crippen molar-refractivity contribution in [2.24, 2.45) is 0 Å². The lowest BCUT2D eigenvalue weighted by Crippen LogP contribution is -2.28. The molecule has 0 unspecified atom stereocenters. The van der Waals surface area contributed by atoms with Crippen molar-refractivity contribution >= 4 is 44.8 Å². The zero-order valence-corrected chi connectivity index (χ0v) is 17.3. The van der Waals surface area contributed by atoms with E-state index >= 15 is 0 Å². The second kappa shape index (κ2) is 8.36. The van der Waals surface area contributed by atoms with E-state index in [0.717, 1.165) is 10.5 Å². The number of aryl methyl sites for hydroxylation is 1. The Morgan fingerprint density at radius 3 is 2.68 bits per heavy atom. The molecule has 0 aliphatic carbocycles. The molecule has 0 saturated heterocycles. The zero-order chi connectivity index (χ0) is 20.3. The molecule has 148 valence electrons. The number of thioether (sulfide) groups is 1. The topological polar surface area (TPSA) is 92.3 Å². The van der Waals surface area contributed by atoms with Crippen LogP contribution in [0.4, 0.5) is 11.4 Å². The van der Waals surface area contributed by atoms with E-state index in [1.54, 1.807) is 12.1 Å². The smallest absolute Gasteiger partial charge is 0.237 e. The maximum atomic E-state index is 12.6. The molecule has 0 bridgehead atoms. The minimum atomic E-state index is -3.65. The molecule has 28 heavy (non-hydrogen) atoms. The molecule has 1 aliphatic rings. The number of nitrogens with one attached hydrogen (secondary N) is 2. The lowest BCUT2D eigenvalue weighted by molar-refractivity contribution is -0.116. The third-order valence-corrected chi connectivity index (χ3v) is 7.67. The largest absolute Gasteiger partial charge is 0.326 e. The fraction of sp³-hybridized carbons (Fsp3) is 0.300. The summed E-state index contributed by atoms with van der Waals surface area (Å²) in [5.41, 5.74) is 2.08. The van der Waals surface area contributed by atoms with Crippen LogP contribution in [-0.4, -0.2) is 31.2 Å². The van der Waals surface area contributed by atoms with E-state index in [1.807, 2.05) is 32.0 Å². The first-order valence-electron chi connectivity index (χ1n) is 9.00. The Balaban J connectivity index is 1.68. The van der Waals surface area contributed by atoms with Crippen LogP contribution in [0.1, 0.15) is 25.3 Å². The maximum Gasteiger partial charge on any atom is 0.237 e. The van der Waals surface area contributed by atoms with Crippen LogP contribution >= 0.6 is 11.8 Å². The van der Waals surface area contributed by atoms with Gasteiger partial charge in [-0.25, -0.2) is 8.42 Å². The van der Waals surface area contributed by atoms with Gasteiger partial charge >= 0.3 is 0 Å². The zero-order valence-electron chi connectivity index (χ0n) is 15.7. The third-order valence-electron chi connectivity index (χ3n) is 4.52. The Labute approximate surface area is 169 Å². The van der Waals surface area contributed by atoms with E-state index in [0.29, 0.717) is 17.8 Å². The first-order chi connectivity index (χ1) is 13.3. The number of rotatable bonds is 6. The Bertz CT molecular complexity index is 1020. The van der Waals surface area contributed by atoms with E-state index in [2.05, 4.69) is 10.6 Å². The predicted molar refractivity (Wildman–Crippen MR) is 111 cm³/mol. The molecule has 0 spiro atoms. The molecule has 1 heterocycles. The fourth-order valence-corrected chi connectivity index (χ4v) is 5.15. The second-order valence-electron chi connectivity index (χ2n) is 6.59. The molecule has 2 aromatic carbocycles. The number of benzene rings is 2. The van der Waals surface area contributed by atoms with Gasteiger partial charge in [0, 0.05) is 17.0 Å². The monoisotopic (exact) mass is 418 g/mol. The number of anilines is 2. The molecule has 1 atom stereocenters. The van der Waals surface area contributed by atoms with Crippen LogP contribution in [0.15, 0.2) is 52.3 Å². The molecule has 0 fully saturated rings. The van der Waals surface area contributed by atoms with E-state index in [1.165, 1.54) is 23.9 Å². The predicted octanol–water partition coefficient (Wildman–Crippen LogP) is 3.62. The van der Waals surface area contributed by atoms with Gasteiger partial charge < -0.3 is 10.6 Å². The highest BCUT2D eigenvalue weighted by atomic mass is 32.2. The van der Waals surface area contributed by atoms with Gasteiger partial charge in [-0.2, -0.15) is 0 Å². The first kappa shape index (κ1) is 20.4. The van der Waals surface area contributed by atoms with Crippen molar-refractivity contribution in [3.63, 3.8) is 0 Å². The van der Waals surface area contributed by atoms with Gasteiger partial charge in [-0.1, -0.05) is 25.1 Å². The van der Waals surface area contributed by atoms with Crippen LogP contribution in [-0.2, 0) is 19.4 Å². The number of carbonyl (C=O) groups excluding carboxylic acids is 2. The molecule has 2 N–H and O–H groups in total. The second-order valence-corrected chi connectivity index (χ2v) is 9.95. The molecule has 6 nitrogen and oxygen atoms in total. The van der Waals surface area contributed by atoms with E-state index in [4.69, 9.17) is 0 Å². The fourth-order valence-electron chi connectivity index (χ4n) is 2.86. The first-order valence-corrected chi connectivity index (χ1v) is 11.5. The number of carbonyl (C=O) groups is 2. The lowest BCUT2D eigenvalue weighted by Gasteiger charge is -2.23. The highest BCUT2D eigenvalue weighted by Crippen LogP contribution is 2.38. The van der Waals surface area contributed by atoms with Gasteiger partial charge in [-0.15, -0.1) is 11.8 Å². The Morgan fingerprint density at radius 2 is 1.96 bits per heavy atom. The van der Waals surface area contributed by atoms with Crippen LogP contribution < -0.4 is 10.6 Å². The van der Waals surface area contributed by atoms with E-state index in [9.17, 15) is 18.0 Å². The van der Waals surface area contributed by atoms with Gasteiger partial charge in [0.1, 0.15) is 0 Å². The summed E-state index contributed by atoms with van der Waals surface area (Å²) in [6, 6.07) is 12.0. The van der Waals surface area contributed by atoms with Crippen LogP contribution in [0.25, 0.3) is 0 Å². The van der Waals surface area contributed by atoms with Gasteiger partial charge in [-0.05, 0) is 43.2 Å². The summed E-state index contributed by atoms with van der Waals surface area (Å²) < 4.78 is 25.3. The van der Waals surface area contributed by atoms with Gasteiger partial charge in [0.05, 0.1) is 21.6 Å². The number of hydrogen-bond donors (Lipinski definition) is 2. The van der Waals surface area contributed by atoms with Gasteiger partial charge in [0.2, 0.25) is 11.8 Å². The molecule has 0 aromatic heterocycles. The minimum Gasteiger partial charge on any atom is -0.326 e. The van der Waals surface area contributed by atoms with E-state index in [-0.39, 0.29) is 34.1 Å². The summed E-state index contributed by atoms with van der Waals surface area (Å²) in [6.45, 7) is 3.80. The van der Waals surface area contributed by atoms with Crippen molar-refractivity contribution in [1.82, 2.24) is 0 Å². The maximum absolute atomic E-state index is 12.6. The van der Waals surface area contributed by atoms with Gasteiger partial charge in [0.15, 0.2) is 9.84 Å².